The van der Waals surface area contributed by atoms with Crippen LogP contribution in [0.3, 0.4) is 0 Å². The quantitative estimate of drug-likeness (QED) is 0.394. The highest BCUT2D eigenvalue weighted by molar-refractivity contribution is 7.14. The third-order valence-corrected chi connectivity index (χ3v) is 5.51. The Labute approximate surface area is 151 Å². The first-order valence-electron chi connectivity index (χ1n) is 9.75. The second kappa shape index (κ2) is 11.4. The predicted molar refractivity (Wildman–Crippen MR) is 106 cm³/mol. The van der Waals surface area contributed by atoms with Gasteiger partial charge in [0, 0.05) is 12.0 Å². The monoisotopic (exact) mass is 344 g/mol. The van der Waals surface area contributed by atoms with E-state index in [1.165, 1.54) is 80.3 Å². The lowest BCUT2D eigenvalue weighted by Gasteiger charge is -2.03. The van der Waals surface area contributed by atoms with Gasteiger partial charge in [-0.15, -0.1) is 10.2 Å². The standard InChI is InChI=1S/C21H32N2S/c1-3-5-7-8-9-11-12-18-14-16-19(17-15-18)21-23-22-20(24-21)13-10-6-4-2/h14-17H,3-13H2,1-2H3. The third kappa shape index (κ3) is 6.72. The smallest absolute Gasteiger partial charge is 0.143 e. The van der Waals surface area contributed by atoms with Crippen molar-refractivity contribution >= 4 is 11.3 Å². The summed E-state index contributed by atoms with van der Waals surface area (Å²) in [5, 5.41) is 10.9. The van der Waals surface area contributed by atoms with E-state index in [-0.39, 0.29) is 0 Å². The van der Waals surface area contributed by atoms with E-state index in [1.54, 1.807) is 11.3 Å². The fraction of sp³-hybridized carbons (Fsp3) is 0.619. The van der Waals surface area contributed by atoms with Crippen LogP contribution in [0.1, 0.15) is 82.2 Å². The molecule has 0 aliphatic heterocycles. The zero-order valence-electron chi connectivity index (χ0n) is 15.4. The van der Waals surface area contributed by atoms with Gasteiger partial charge in [0.2, 0.25) is 0 Å². The number of aryl methyl sites for hydroxylation is 2. The van der Waals surface area contributed by atoms with Crippen LogP contribution in [0.4, 0.5) is 0 Å². The topological polar surface area (TPSA) is 25.8 Å². The first-order valence-corrected chi connectivity index (χ1v) is 10.6. The summed E-state index contributed by atoms with van der Waals surface area (Å²) >= 11 is 1.75. The van der Waals surface area contributed by atoms with Crippen LogP contribution >= 0.6 is 11.3 Å². The zero-order valence-corrected chi connectivity index (χ0v) is 16.2. The van der Waals surface area contributed by atoms with E-state index >= 15 is 0 Å². The van der Waals surface area contributed by atoms with Crippen LogP contribution in [-0.4, -0.2) is 10.2 Å². The van der Waals surface area contributed by atoms with Crippen LogP contribution in [0.25, 0.3) is 10.6 Å². The molecule has 0 amide bonds. The number of unbranched alkanes of at least 4 members (excludes halogenated alkanes) is 7. The number of rotatable bonds is 12. The molecule has 0 spiro atoms. The summed E-state index contributed by atoms with van der Waals surface area (Å²) in [6, 6.07) is 8.95. The second-order valence-corrected chi connectivity index (χ2v) is 7.73. The molecular formula is C21H32N2S. The first kappa shape index (κ1) is 19.1. The van der Waals surface area contributed by atoms with Crippen molar-refractivity contribution < 1.29 is 0 Å². The van der Waals surface area contributed by atoms with Gasteiger partial charge in [-0.05, 0) is 24.8 Å². The van der Waals surface area contributed by atoms with Crippen molar-refractivity contribution in [2.45, 2.75) is 84.5 Å². The lowest BCUT2D eigenvalue weighted by atomic mass is 10.0. The highest BCUT2D eigenvalue weighted by Crippen LogP contribution is 2.25. The molecule has 0 radical (unpaired) electrons. The Morgan fingerprint density at radius 1 is 0.708 bits per heavy atom. The molecule has 0 bridgehead atoms. The normalized spacial score (nSPS) is 11.1. The molecule has 3 heteroatoms. The summed E-state index contributed by atoms with van der Waals surface area (Å²) in [4.78, 5) is 0. The molecule has 1 heterocycles. The number of aromatic nitrogens is 2. The minimum atomic E-state index is 1.06. The van der Waals surface area contributed by atoms with Crippen molar-refractivity contribution in [2.75, 3.05) is 0 Å². The van der Waals surface area contributed by atoms with Crippen molar-refractivity contribution in [1.29, 1.82) is 0 Å². The van der Waals surface area contributed by atoms with Crippen LogP contribution in [-0.2, 0) is 12.8 Å². The Morgan fingerprint density at radius 3 is 2.08 bits per heavy atom. The highest BCUT2D eigenvalue weighted by Gasteiger charge is 2.06. The summed E-state index contributed by atoms with van der Waals surface area (Å²) in [6.07, 6.45) is 14.2. The van der Waals surface area contributed by atoms with Crippen LogP contribution in [0.5, 0.6) is 0 Å². The van der Waals surface area contributed by atoms with Gasteiger partial charge < -0.3 is 0 Å². The van der Waals surface area contributed by atoms with E-state index < -0.39 is 0 Å². The zero-order chi connectivity index (χ0) is 17.0. The summed E-state index contributed by atoms with van der Waals surface area (Å²) in [6.45, 7) is 4.51. The van der Waals surface area contributed by atoms with Crippen LogP contribution in [0.15, 0.2) is 24.3 Å². The lowest BCUT2D eigenvalue weighted by molar-refractivity contribution is 0.607. The molecule has 2 aromatic rings. The van der Waals surface area contributed by atoms with Gasteiger partial charge in [0.15, 0.2) is 0 Å². The molecule has 1 aromatic carbocycles. The molecule has 0 saturated heterocycles. The Bertz CT molecular complexity index is 559. The Morgan fingerprint density at radius 2 is 1.33 bits per heavy atom. The maximum absolute atomic E-state index is 4.37. The Balaban J connectivity index is 1.77. The van der Waals surface area contributed by atoms with Gasteiger partial charge in [0.05, 0.1) is 0 Å². The van der Waals surface area contributed by atoms with Gasteiger partial charge in [0.1, 0.15) is 10.0 Å². The maximum Gasteiger partial charge on any atom is 0.147 e. The summed E-state index contributed by atoms with van der Waals surface area (Å²) in [5.74, 6) is 0. The molecule has 0 N–H and O–H groups in total. The molecule has 1 aromatic heterocycles. The van der Waals surface area contributed by atoms with Gasteiger partial charge in [0.25, 0.3) is 0 Å². The van der Waals surface area contributed by atoms with Crippen LogP contribution in [0, 0.1) is 0 Å². The van der Waals surface area contributed by atoms with E-state index in [9.17, 15) is 0 Å². The molecule has 0 saturated carbocycles. The first-order chi connectivity index (χ1) is 11.8. The van der Waals surface area contributed by atoms with Gasteiger partial charge >= 0.3 is 0 Å². The van der Waals surface area contributed by atoms with Crippen molar-refractivity contribution in [3.8, 4) is 10.6 Å². The molecule has 0 aliphatic rings. The van der Waals surface area contributed by atoms with E-state index in [0.717, 1.165) is 11.4 Å². The average Bonchev–Trinajstić information content (AvgIpc) is 3.08. The van der Waals surface area contributed by atoms with Gasteiger partial charge in [-0.2, -0.15) is 0 Å². The minimum absolute atomic E-state index is 1.06. The minimum Gasteiger partial charge on any atom is -0.143 e. The summed E-state index contributed by atoms with van der Waals surface area (Å²) in [7, 11) is 0. The fourth-order valence-corrected chi connectivity index (χ4v) is 3.81. The second-order valence-electron chi connectivity index (χ2n) is 6.67. The number of nitrogens with zero attached hydrogens (tertiary/aromatic N) is 2. The van der Waals surface area contributed by atoms with Crippen molar-refractivity contribution in [1.82, 2.24) is 10.2 Å². The molecule has 0 unspecified atom stereocenters. The van der Waals surface area contributed by atoms with Crippen molar-refractivity contribution in [3.63, 3.8) is 0 Å². The predicted octanol–water partition coefficient (Wildman–Crippen LogP) is 6.84. The molecule has 2 rings (SSSR count). The van der Waals surface area contributed by atoms with Gasteiger partial charge in [-0.3, -0.25) is 0 Å². The fourth-order valence-electron chi connectivity index (χ4n) is 2.92. The van der Waals surface area contributed by atoms with E-state index in [4.69, 9.17) is 0 Å². The number of hydrogen-bond donors (Lipinski definition) is 0. The number of hydrogen-bond acceptors (Lipinski definition) is 3. The van der Waals surface area contributed by atoms with Crippen molar-refractivity contribution in [2.24, 2.45) is 0 Å². The summed E-state index contributed by atoms with van der Waals surface area (Å²) in [5.41, 5.74) is 2.66. The third-order valence-electron chi connectivity index (χ3n) is 4.48. The van der Waals surface area contributed by atoms with Gasteiger partial charge in [-0.25, -0.2) is 0 Å². The maximum atomic E-state index is 4.37. The van der Waals surface area contributed by atoms with Gasteiger partial charge in [-0.1, -0.05) is 94.4 Å². The molecule has 0 atom stereocenters. The van der Waals surface area contributed by atoms with E-state index in [1.807, 2.05) is 0 Å². The van der Waals surface area contributed by atoms with Crippen LogP contribution < -0.4 is 0 Å². The molecule has 2 nitrogen and oxygen atoms in total. The average molecular weight is 345 g/mol. The molecule has 24 heavy (non-hydrogen) atoms. The molecule has 0 fully saturated rings. The Kier molecular flexibility index (Phi) is 9.04. The van der Waals surface area contributed by atoms with Crippen molar-refractivity contribution in [3.05, 3.63) is 34.8 Å². The number of benzene rings is 1. The van der Waals surface area contributed by atoms with E-state index in [2.05, 4.69) is 48.3 Å². The molecule has 132 valence electrons. The van der Waals surface area contributed by atoms with Crippen LogP contribution in [0.2, 0.25) is 0 Å². The lowest BCUT2D eigenvalue weighted by Crippen LogP contribution is -1.87. The summed E-state index contributed by atoms with van der Waals surface area (Å²) < 4.78 is 0. The molecular weight excluding hydrogens is 312 g/mol. The largest absolute Gasteiger partial charge is 0.147 e. The molecule has 0 aliphatic carbocycles. The van der Waals surface area contributed by atoms with E-state index in [0.29, 0.717) is 0 Å². The Hall–Kier alpha value is -1.22. The highest BCUT2D eigenvalue weighted by atomic mass is 32.1. The SMILES string of the molecule is CCCCCCCCc1ccc(-c2nnc(CCCCC)s2)cc1.